The maximum Gasteiger partial charge on any atom is 0.278 e. The van der Waals surface area contributed by atoms with E-state index >= 15 is 0 Å². The Labute approximate surface area is 183 Å². The molecule has 2 aromatic rings. The summed E-state index contributed by atoms with van der Waals surface area (Å²) < 4.78 is 10.9. The van der Waals surface area contributed by atoms with Gasteiger partial charge in [0.25, 0.3) is 11.8 Å². The molecule has 2 aromatic carbocycles. The summed E-state index contributed by atoms with van der Waals surface area (Å²) in [4.78, 5) is 30.0. The number of para-hydroxylation sites is 1. The van der Waals surface area contributed by atoms with Crippen molar-refractivity contribution in [1.29, 1.82) is 0 Å². The van der Waals surface area contributed by atoms with Gasteiger partial charge in [-0.05, 0) is 41.7 Å². The van der Waals surface area contributed by atoms with E-state index in [0.29, 0.717) is 36.9 Å². The Morgan fingerprint density at radius 2 is 1.74 bits per heavy atom. The molecule has 0 unspecified atom stereocenters. The Kier molecular flexibility index (Phi) is 6.09. The highest BCUT2D eigenvalue weighted by molar-refractivity contribution is 6.36. The van der Waals surface area contributed by atoms with E-state index in [0.717, 1.165) is 23.4 Å². The summed E-state index contributed by atoms with van der Waals surface area (Å²) in [7, 11) is 1.56. The second-order valence-corrected chi connectivity index (χ2v) is 8.24. The quantitative estimate of drug-likeness (QED) is 0.612. The van der Waals surface area contributed by atoms with Crippen molar-refractivity contribution in [1.82, 2.24) is 4.90 Å². The highest BCUT2D eigenvalue weighted by Gasteiger charge is 2.43. The van der Waals surface area contributed by atoms with Gasteiger partial charge < -0.3 is 14.4 Å². The first-order valence-corrected chi connectivity index (χ1v) is 10.7. The van der Waals surface area contributed by atoms with Gasteiger partial charge in [0, 0.05) is 19.3 Å². The van der Waals surface area contributed by atoms with Crippen LogP contribution in [-0.4, -0.2) is 50.1 Å². The minimum Gasteiger partial charge on any atom is -0.493 e. The number of carbonyl (C=O) groups excluding carboxylic acids is 2. The van der Waals surface area contributed by atoms with Crippen LogP contribution in [0.15, 0.2) is 54.2 Å². The fraction of sp³-hybridized carbons (Fsp3) is 0.360. The smallest absolute Gasteiger partial charge is 0.278 e. The summed E-state index contributed by atoms with van der Waals surface area (Å²) in [5, 5.41) is 0. The molecule has 0 atom stereocenters. The zero-order chi connectivity index (χ0) is 22.0. The third kappa shape index (κ3) is 4.08. The van der Waals surface area contributed by atoms with E-state index in [-0.39, 0.29) is 18.4 Å². The standard InChI is InChI=1S/C25H28N2O4/c1-17(2)16-31-20-10-8-19(9-11-20)22-23(25(29)27(24(22)28)14-15-30-3)26-13-12-18-6-4-5-7-21(18)26/h4-11,17H,12-16H2,1-3H3. The Hall–Kier alpha value is -3.12. The Balaban J connectivity index is 1.73. The number of hydrogen-bond acceptors (Lipinski definition) is 5. The molecule has 6 heteroatoms. The van der Waals surface area contributed by atoms with Crippen LogP contribution >= 0.6 is 0 Å². The highest BCUT2D eigenvalue weighted by atomic mass is 16.5. The van der Waals surface area contributed by atoms with Gasteiger partial charge in [-0.25, -0.2) is 0 Å². The van der Waals surface area contributed by atoms with E-state index in [1.54, 1.807) is 7.11 Å². The lowest BCUT2D eigenvalue weighted by Crippen LogP contribution is -2.37. The number of benzene rings is 2. The van der Waals surface area contributed by atoms with E-state index in [1.165, 1.54) is 10.5 Å². The number of carbonyl (C=O) groups is 2. The maximum atomic E-state index is 13.4. The van der Waals surface area contributed by atoms with Crippen molar-refractivity contribution < 1.29 is 19.1 Å². The van der Waals surface area contributed by atoms with E-state index in [9.17, 15) is 9.59 Å². The lowest BCUT2D eigenvalue weighted by atomic mass is 10.0. The zero-order valence-electron chi connectivity index (χ0n) is 18.3. The third-order valence-corrected chi connectivity index (χ3v) is 5.55. The van der Waals surface area contributed by atoms with Crippen molar-refractivity contribution in [2.45, 2.75) is 20.3 Å². The molecule has 2 heterocycles. The first-order valence-electron chi connectivity index (χ1n) is 10.7. The minimum absolute atomic E-state index is 0.228. The van der Waals surface area contributed by atoms with Gasteiger partial charge in [0.15, 0.2) is 0 Å². The molecule has 0 radical (unpaired) electrons. The molecule has 0 saturated carbocycles. The lowest BCUT2D eigenvalue weighted by Gasteiger charge is -2.21. The topological polar surface area (TPSA) is 59.1 Å². The van der Waals surface area contributed by atoms with Crippen LogP contribution in [0.2, 0.25) is 0 Å². The summed E-state index contributed by atoms with van der Waals surface area (Å²) in [5.41, 5.74) is 3.77. The van der Waals surface area contributed by atoms with Crippen LogP contribution < -0.4 is 9.64 Å². The summed E-state index contributed by atoms with van der Waals surface area (Å²) in [6.07, 6.45) is 0.842. The van der Waals surface area contributed by atoms with Crippen LogP contribution in [-0.2, 0) is 20.7 Å². The van der Waals surface area contributed by atoms with Gasteiger partial charge in [-0.2, -0.15) is 0 Å². The number of rotatable bonds is 8. The Bertz CT molecular complexity index is 1010. The normalized spacial score (nSPS) is 16.0. The van der Waals surface area contributed by atoms with Crippen molar-refractivity contribution in [2.24, 2.45) is 5.92 Å². The molecule has 0 fully saturated rings. The van der Waals surface area contributed by atoms with Gasteiger partial charge in [-0.1, -0.05) is 44.2 Å². The molecular weight excluding hydrogens is 392 g/mol. The second kappa shape index (κ2) is 8.94. The lowest BCUT2D eigenvalue weighted by molar-refractivity contribution is -0.137. The molecule has 6 nitrogen and oxygen atoms in total. The average Bonchev–Trinajstić information content (AvgIpc) is 3.29. The number of nitrogens with zero attached hydrogens (tertiary/aromatic N) is 2. The first kappa shape index (κ1) is 21.1. The molecule has 31 heavy (non-hydrogen) atoms. The summed E-state index contributed by atoms with van der Waals surface area (Å²) in [6.45, 7) is 6.02. The molecule has 0 saturated heterocycles. The fourth-order valence-electron chi connectivity index (χ4n) is 4.01. The minimum atomic E-state index is -0.280. The molecule has 2 aliphatic heterocycles. The van der Waals surface area contributed by atoms with Crippen molar-refractivity contribution in [3.8, 4) is 5.75 Å². The van der Waals surface area contributed by atoms with Gasteiger partial charge in [-0.3, -0.25) is 14.5 Å². The molecule has 0 spiro atoms. The second-order valence-electron chi connectivity index (χ2n) is 8.24. The number of amides is 2. The van der Waals surface area contributed by atoms with Gasteiger partial charge in [0.2, 0.25) is 0 Å². The SMILES string of the molecule is COCCN1C(=O)C(c2ccc(OCC(C)C)cc2)=C(N2CCc3ccccc32)C1=O. The Morgan fingerprint density at radius 1 is 1.00 bits per heavy atom. The first-order chi connectivity index (χ1) is 15.0. The van der Waals surface area contributed by atoms with Crippen LogP contribution in [0.4, 0.5) is 5.69 Å². The van der Waals surface area contributed by atoms with E-state index in [2.05, 4.69) is 19.9 Å². The van der Waals surface area contributed by atoms with Crippen LogP contribution in [0, 0.1) is 5.92 Å². The largest absolute Gasteiger partial charge is 0.493 e. The summed E-state index contributed by atoms with van der Waals surface area (Å²) >= 11 is 0. The molecule has 0 aromatic heterocycles. The highest BCUT2D eigenvalue weighted by Crippen LogP contribution is 2.38. The molecule has 2 amide bonds. The van der Waals surface area contributed by atoms with Gasteiger partial charge >= 0.3 is 0 Å². The van der Waals surface area contributed by atoms with Crippen LogP contribution in [0.5, 0.6) is 5.75 Å². The van der Waals surface area contributed by atoms with E-state index in [4.69, 9.17) is 9.47 Å². The van der Waals surface area contributed by atoms with Crippen molar-refractivity contribution >= 4 is 23.1 Å². The fourth-order valence-corrected chi connectivity index (χ4v) is 4.01. The van der Waals surface area contributed by atoms with Gasteiger partial charge in [0.1, 0.15) is 11.4 Å². The molecule has 0 aliphatic carbocycles. The predicted octanol–water partition coefficient (Wildman–Crippen LogP) is 3.51. The van der Waals surface area contributed by atoms with Crippen LogP contribution in [0.25, 0.3) is 5.57 Å². The summed E-state index contributed by atoms with van der Waals surface area (Å²) in [5.74, 6) is 0.623. The molecule has 162 valence electrons. The molecule has 4 rings (SSSR count). The number of anilines is 1. The van der Waals surface area contributed by atoms with Gasteiger partial charge in [-0.15, -0.1) is 0 Å². The number of fused-ring (bicyclic) bond motifs is 1. The monoisotopic (exact) mass is 420 g/mol. The number of ether oxygens (including phenoxy) is 2. The number of imide groups is 1. The predicted molar refractivity (Wildman–Crippen MR) is 120 cm³/mol. The van der Waals surface area contributed by atoms with Crippen molar-refractivity contribution in [2.75, 3.05) is 38.3 Å². The zero-order valence-corrected chi connectivity index (χ0v) is 18.3. The van der Waals surface area contributed by atoms with Crippen molar-refractivity contribution in [3.05, 3.63) is 65.4 Å². The average molecular weight is 421 g/mol. The third-order valence-electron chi connectivity index (χ3n) is 5.55. The molecule has 0 bridgehead atoms. The van der Waals surface area contributed by atoms with E-state index < -0.39 is 0 Å². The number of hydrogen-bond donors (Lipinski definition) is 0. The molecular formula is C25H28N2O4. The van der Waals surface area contributed by atoms with Gasteiger partial charge in [0.05, 0.1) is 25.3 Å². The van der Waals surface area contributed by atoms with Crippen molar-refractivity contribution in [3.63, 3.8) is 0 Å². The van der Waals surface area contributed by atoms with Crippen LogP contribution in [0.1, 0.15) is 25.0 Å². The van der Waals surface area contributed by atoms with Crippen LogP contribution in [0.3, 0.4) is 0 Å². The van der Waals surface area contributed by atoms with E-state index in [1.807, 2.05) is 47.4 Å². The molecule has 0 N–H and O–H groups in total. The number of methoxy groups -OCH3 is 1. The molecule has 2 aliphatic rings. The Morgan fingerprint density at radius 3 is 2.45 bits per heavy atom. The maximum absolute atomic E-state index is 13.4. The summed E-state index contributed by atoms with van der Waals surface area (Å²) in [6, 6.07) is 15.5.